The molecular formula is C11H18ClNO3. The smallest absolute Gasteiger partial charge is 0.305 e. The molecule has 1 saturated heterocycles. The molecule has 0 radical (unpaired) electrons. The van der Waals surface area contributed by atoms with Crippen molar-refractivity contribution in [3.8, 4) is 0 Å². The van der Waals surface area contributed by atoms with Gasteiger partial charge >= 0.3 is 5.97 Å². The number of piperidine rings is 1. The molecule has 0 amide bonds. The SMILES string of the molecule is COC(=O)CC1CCNC(CCC(=O)Cl)C1. The molecule has 16 heavy (non-hydrogen) atoms. The van der Waals surface area contributed by atoms with Gasteiger partial charge in [-0.05, 0) is 43.3 Å². The molecule has 0 spiro atoms. The second kappa shape index (κ2) is 6.86. The summed E-state index contributed by atoms with van der Waals surface area (Å²) in [5.74, 6) is 0.211. The van der Waals surface area contributed by atoms with Gasteiger partial charge in [-0.1, -0.05) is 0 Å². The summed E-state index contributed by atoms with van der Waals surface area (Å²) < 4.78 is 4.65. The molecule has 0 aromatic carbocycles. The van der Waals surface area contributed by atoms with Crippen molar-refractivity contribution in [2.75, 3.05) is 13.7 Å². The number of methoxy groups -OCH3 is 1. The number of nitrogens with one attached hydrogen (secondary N) is 1. The van der Waals surface area contributed by atoms with Gasteiger partial charge < -0.3 is 10.1 Å². The van der Waals surface area contributed by atoms with Crippen molar-refractivity contribution in [1.29, 1.82) is 0 Å². The average Bonchev–Trinajstić information content (AvgIpc) is 2.26. The number of rotatable bonds is 5. The minimum atomic E-state index is -0.295. The van der Waals surface area contributed by atoms with Crippen molar-refractivity contribution >= 4 is 22.8 Å². The van der Waals surface area contributed by atoms with Gasteiger partial charge in [0.2, 0.25) is 5.24 Å². The van der Waals surface area contributed by atoms with Gasteiger partial charge in [0.25, 0.3) is 0 Å². The van der Waals surface area contributed by atoms with Crippen molar-refractivity contribution < 1.29 is 14.3 Å². The van der Waals surface area contributed by atoms with E-state index in [9.17, 15) is 9.59 Å². The third-order valence-corrected chi connectivity index (χ3v) is 3.16. The molecule has 5 heteroatoms. The normalized spacial score (nSPS) is 25.1. The van der Waals surface area contributed by atoms with E-state index < -0.39 is 0 Å². The molecular weight excluding hydrogens is 230 g/mol. The van der Waals surface area contributed by atoms with Crippen LogP contribution in [-0.2, 0) is 14.3 Å². The lowest BCUT2D eigenvalue weighted by atomic mass is 9.88. The van der Waals surface area contributed by atoms with Crippen LogP contribution in [0.1, 0.15) is 32.1 Å². The first-order valence-electron chi connectivity index (χ1n) is 5.60. The summed E-state index contributed by atoms with van der Waals surface area (Å²) >= 11 is 5.30. The third-order valence-electron chi connectivity index (χ3n) is 2.98. The Balaban J connectivity index is 2.29. The number of esters is 1. The molecule has 1 heterocycles. The van der Waals surface area contributed by atoms with E-state index in [1.807, 2.05) is 0 Å². The van der Waals surface area contributed by atoms with Crippen LogP contribution in [0.15, 0.2) is 0 Å². The maximum Gasteiger partial charge on any atom is 0.305 e. The van der Waals surface area contributed by atoms with E-state index in [2.05, 4.69) is 10.1 Å². The second-order valence-electron chi connectivity index (χ2n) is 4.22. The molecule has 2 atom stereocenters. The van der Waals surface area contributed by atoms with Gasteiger partial charge in [0.1, 0.15) is 0 Å². The van der Waals surface area contributed by atoms with E-state index in [4.69, 9.17) is 11.6 Å². The van der Waals surface area contributed by atoms with Crippen LogP contribution in [0.3, 0.4) is 0 Å². The molecule has 2 unspecified atom stereocenters. The molecule has 1 N–H and O–H groups in total. The zero-order valence-corrected chi connectivity index (χ0v) is 10.3. The lowest BCUT2D eigenvalue weighted by Gasteiger charge is -2.29. The molecule has 0 aliphatic carbocycles. The van der Waals surface area contributed by atoms with Gasteiger partial charge in [-0.25, -0.2) is 0 Å². The van der Waals surface area contributed by atoms with E-state index in [0.717, 1.165) is 25.8 Å². The summed E-state index contributed by atoms with van der Waals surface area (Å²) in [5, 5.41) is 3.04. The maximum absolute atomic E-state index is 11.1. The van der Waals surface area contributed by atoms with E-state index in [0.29, 0.717) is 24.8 Å². The summed E-state index contributed by atoms with van der Waals surface area (Å²) in [4.78, 5) is 21.8. The Labute approximate surface area is 101 Å². The number of hydrogen-bond donors (Lipinski definition) is 1. The van der Waals surface area contributed by atoms with Crippen LogP contribution in [-0.4, -0.2) is 30.9 Å². The Hall–Kier alpha value is -0.610. The van der Waals surface area contributed by atoms with Crippen LogP contribution < -0.4 is 5.32 Å². The average molecular weight is 248 g/mol. The molecule has 1 rings (SSSR count). The van der Waals surface area contributed by atoms with Gasteiger partial charge in [-0.15, -0.1) is 0 Å². The Morgan fingerprint density at radius 2 is 2.25 bits per heavy atom. The van der Waals surface area contributed by atoms with Gasteiger partial charge in [-0.3, -0.25) is 9.59 Å². The fourth-order valence-electron chi connectivity index (χ4n) is 2.11. The fourth-order valence-corrected chi connectivity index (χ4v) is 2.22. The predicted molar refractivity (Wildman–Crippen MR) is 61.2 cm³/mol. The van der Waals surface area contributed by atoms with Crippen molar-refractivity contribution in [3.05, 3.63) is 0 Å². The van der Waals surface area contributed by atoms with E-state index in [1.54, 1.807) is 0 Å². The Bertz CT molecular complexity index is 258. The summed E-state index contributed by atoms with van der Waals surface area (Å²) in [6.07, 6.45) is 3.52. The first kappa shape index (κ1) is 13.5. The molecule has 0 saturated carbocycles. The van der Waals surface area contributed by atoms with Crippen LogP contribution in [0.25, 0.3) is 0 Å². The fraction of sp³-hybridized carbons (Fsp3) is 0.818. The van der Waals surface area contributed by atoms with Gasteiger partial charge in [-0.2, -0.15) is 0 Å². The lowest BCUT2D eigenvalue weighted by Crippen LogP contribution is -2.38. The van der Waals surface area contributed by atoms with Crippen molar-refractivity contribution in [1.82, 2.24) is 5.32 Å². The zero-order chi connectivity index (χ0) is 12.0. The number of halogens is 1. The van der Waals surface area contributed by atoms with Crippen LogP contribution in [0, 0.1) is 5.92 Å². The zero-order valence-electron chi connectivity index (χ0n) is 9.50. The van der Waals surface area contributed by atoms with Crippen molar-refractivity contribution in [2.45, 2.75) is 38.1 Å². The number of hydrogen-bond acceptors (Lipinski definition) is 4. The summed E-state index contributed by atoms with van der Waals surface area (Å²) in [6.45, 7) is 0.892. The number of carbonyl (C=O) groups is 2. The predicted octanol–water partition coefficient (Wildman–Crippen LogP) is 1.46. The Morgan fingerprint density at radius 1 is 1.50 bits per heavy atom. The van der Waals surface area contributed by atoms with Crippen LogP contribution >= 0.6 is 11.6 Å². The van der Waals surface area contributed by atoms with Gasteiger partial charge in [0, 0.05) is 18.9 Å². The monoisotopic (exact) mass is 247 g/mol. The molecule has 1 aliphatic rings. The highest BCUT2D eigenvalue weighted by molar-refractivity contribution is 6.63. The van der Waals surface area contributed by atoms with Crippen LogP contribution in [0.4, 0.5) is 0 Å². The third kappa shape index (κ3) is 4.94. The minimum absolute atomic E-state index is 0.154. The van der Waals surface area contributed by atoms with E-state index in [-0.39, 0.29) is 11.2 Å². The largest absolute Gasteiger partial charge is 0.469 e. The molecule has 0 bridgehead atoms. The van der Waals surface area contributed by atoms with E-state index >= 15 is 0 Å². The standard InChI is InChI=1S/C11H18ClNO3/c1-16-11(15)7-8-4-5-13-9(6-8)2-3-10(12)14/h8-9,13H,2-7H2,1H3. The van der Waals surface area contributed by atoms with Crippen molar-refractivity contribution in [3.63, 3.8) is 0 Å². The van der Waals surface area contributed by atoms with Gasteiger partial charge in [0.15, 0.2) is 0 Å². The number of ether oxygens (including phenoxy) is 1. The van der Waals surface area contributed by atoms with Crippen LogP contribution in [0.2, 0.25) is 0 Å². The Kier molecular flexibility index (Phi) is 5.77. The first-order valence-corrected chi connectivity index (χ1v) is 5.98. The summed E-state index contributed by atoms with van der Waals surface area (Å²) in [6, 6.07) is 0.297. The molecule has 1 fully saturated rings. The van der Waals surface area contributed by atoms with Crippen LogP contribution in [0.5, 0.6) is 0 Å². The van der Waals surface area contributed by atoms with Gasteiger partial charge in [0.05, 0.1) is 7.11 Å². The van der Waals surface area contributed by atoms with E-state index in [1.165, 1.54) is 7.11 Å². The Morgan fingerprint density at radius 3 is 2.88 bits per heavy atom. The lowest BCUT2D eigenvalue weighted by molar-refractivity contribution is -0.142. The number of carbonyl (C=O) groups excluding carboxylic acids is 2. The highest BCUT2D eigenvalue weighted by Crippen LogP contribution is 2.22. The van der Waals surface area contributed by atoms with Crippen molar-refractivity contribution in [2.24, 2.45) is 5.92 Å². The summed E-state index contributed by atoms with van der Waals surface area (Å²) in [7, 11) is 1.41. The molecule has 0 aromatic heterocycles. The molecule has 92 valence electrons. The summed E-state index contributed by atoms with van der Waals surface area (Å²) in [5.41, 5.74) is 0. The molecule has 1 aliphatic heterocycles. The quantitative estimate of drug-likeness (QED) is 0.590. The molecule has 4 nitrogen and oxygen atoms in total. The minimum Gasteiger partial charge on any atom is -0.469 e. The first-order chi connectivity index (χ1) is 7.61. The second-order valence-corrected chi connectivity index (χ2v) is 4.64. The topological polar surface area (TPSA) is 55.4 Å². The highest BCUT2D eigenvalue weighted by Gasteiger charge is 2.23. The maximum atomic E-state index is 11.1. The highest BCUT2D eigenvalue weighted by atomic mass is 35.5. The molecule has 0 aromatic rings.